The Bertz CT molecular complexity index is 677. The predicted octanol–water partition coefficient (Wildman–Crippen LogP) is 5.22. The minimum Gasteiger partial charge on any atom is -0.291 e. The molecule has 1 heteroatoms. The Labute approximate surface area is 139 Å². The van der Waals surface area contributed by atoms with Gasteiger partial charge in [-0.05, 0) is 30.7 Å². The average molecular weight is 301 g/mol. The Hall–Kier alpha value is -2.38. The SMILES string of the molecule is Cc1ccc(CN(C)C(c2ccccc2)c2ccccc2)cc1. The van der Waals surface area contributed by atoms with E-state index in [4.69, 9.17) is 0 Å². The maximum Gasteiger partial charge on any atom is 0.0602 e. The lowest BCUT2D eigenvalue weighted by molar-refractivity contribution is 0.270. The van der Waals surface area contributed by atoms with Crippen molar-refractivity contribution in [2.45, 2.75) is 19.5 Å². The first-order chi connectivity index (χ1) is 11.2. The van der Waals surface area contributed by atoms with Gasteiger partial charge in [0.25, 0.3) is 0 Å². The zero-order valence-corrected chi connectivity index (χ0v) is 13.8. The molecule has 0 aliphatic rings. The normalized spacial score (nSPS) is 11.1. The summed E-state index contributed by atoms with van der Waals surface area (Å²) in [6.07, 6.45) is 0. The second-order valence-corrected chi connectivity index (χ2v) is 6.12. The van der Waals surface area contributed by atoms with Crippen LogP contribution in [0.5, 0.6) is 0 Å². The molecule has 3 aromatic rings. The molecular weight excluding hydrogens is 278 g/mol. The van der Waals surface area contributed by atoms with E-state index in [1.807, 2.05) is 0 Å². The summed E-state index contributed by atoms with van der Waals surface area (Å²) in [7, 11) is 2.20. The Kier molecular flexibility index (Phi) is 4.89. The van der Waals surface area contributed by atoms with Gasteiger partial charge in [0.2, 0.25) is 0 Å². The van der Waals surface area contributed by atoms with Gasteiger partial charge in [0.1, 0.15) is 0 Å². The lowest BCUT2D eigenvalue weighted by Gasteiger charge is -2.29. The first-order valence-corrected chi connectivity index (χ1v) is 8.10. The van der Waals surface area contributed by atoms with Gasteiger partial charge in [-0.25, -0.2) is 0 Å². The fraction of sp³-hybridized carbons (Fsp3) is 0.182. The molecule has 3 rings (SSSR count). The van der Waals surface area contributed by atoms with Gasteiger partial charge in [-0.2, -0.15) is 0 Å². The van der Waals surface area contributed by atoms with Gasteiger partial charge in [0, 0.05) is 6.54 Å². The fourth-order valence-electron chi connectivity index (χ4n) is 3.04. The van der Waals surface area contributed by atoms with Gasteiger partial charge in [0.15, 0.2) is 0 Å². The van der Waals surface area contributed by atoms with E-state index < -0.39 is 0 Å². The van der Waals surface area contributed by atoms with Gasteiger partial charge in [-0.3, -0.25) is 4.90 Å². The van der Waals surface area contributed by atoms with E-state index in [1.54, 1.807) is 0 Å². The number of benzene rings is 3. The average Bonchev–Trinajstić information content (AvgIpc) is 2.59. The monoisotopic (exact) mass is 301 g/mol. The predicted molar refractivity (Wildman–Crippen MR) is 97.4 cm³/mol. The largest absolute Gasteiger partial charge is 0.291 e. The number of nitrogens with zero attached hydrogens (tertiary/aromatic N) is 1. The van der Waals surface area contributed by atoms with E-state index in [9.17, 15) is 0 Å². The maximum atomic E-state index is 2.41. The maximum absolute atomic E-state index is 2.41. The lowest BCUT2D eigenvalue weighted by Crippen LogP contribution is -2.25. The highest BCUT2D eigenvalue weighted by Gasteiger charge is 2.19. The van der Waals surface area contributed by atoms with Crippen molar-refractivity contribution in [2.24, 2.45) is 0 Å². The van der Waals surface area contributed by atoms with Crippen molar-refractivity contribution < 1.29 is 0 Å². The zero-order chi connectivity index (χ0) is 16.1. The van der Waals surface area contributed by atoms with Crippen LogP contribution >= 0.6 is 0 Å². The van der Waals surface area contributed by atoms with Gasteiger partial charge >= 0.3 is 0 Å². The molecule has 0 fully saturated rings. The van der Waals surface area contributed by atoms with Gasteiger partial charge in [-0.15, -0.1) is 0 Å². The van der Waals surface area contributed by atoms with Crippen LogP contribution in [0.4, 0.5) is 0 Å². The minimum atomic E-state index is 0.263. The molecule has 0 bridgehead atoms. The van der Waals surface area contributed by atoms with Crippen molar-refractivity contribution in [3.63, 3.8) is 0 Å². The summed E-state index contributed by atoms with van der Waals surface area (Å²) < 4.78 is 0. The molecular formula is C22H23N. The molecule has 0 radical (unpaired) electrons. The van der Waals surface area contributed by atoms with Crippen LogP contribution in [0.15, 0.2) is 84.9 Å². The Morgan fingerprint density at radius 2 is 1.17 bits per heavy atom. The van der Waals surface area contributed by atoms with E-state index in [0.29, 0.717) is 0 Å². The topological polar surface area (TPSA) is 3.24 Å². The van der Waals surface area contributed by atoms with E-state index in [1.165, 1.54) is 22.3 Å². The zero-order valence-electron chi connectivity index (χ0n) is 13.8. The van der Waals surface area contributed by atoms with Gasteiger partial charge in [-0.1, -0.05) is 90.5 Å². The van der Waals surface area contributed by atoms with E-state index in [-0.39, 0.29) is 6.04 Å². The number of hydrogen-bond donors (Lipinski definition) is 0. The summed E-state index contributed by atoms with van der Waals surface area (Å²) in [5.41, 5.74) is 5.30. The highest BCUT2D eigenvalue weighted by atomic mass is 15.1. The second-order valence-electron chi connectivity index (χ2n) is 6.12. The summed E-state index contributed by atoms with van der Waals surface area (Å²) in [5, 5.41) is 0. The first kappa shape index (κ1) is 15.5. The molecule has 0 saturated carbocycles. The van der Waals surface area contributed by atoms with Crippen molar-refractivity contribution in [3.8, 4) is 0 Å². The molecule has 0 aliphatic heterocycles. The number of aryl methyl sites for hydroxylation is 1. The fourth-order valence-corrected chi connectivity index (χ4v) is 3.04. The standard InChI is InChI=1S/C22H23N/c1-18-13-15-19(16-14-18)17-23(2)22(20-9-5-3-6-10-20)21-11-7-4-8-12-21/h3-16,22H,17H2,1-2H3. The van der Waals surface area contributed by atoms with Crippen LogP contribution in [0.25, 0.3) is 0 Å². The van der Waals surface area contributed by atoms with Crippen LogP contribution < -0.4 is 0 Å². The van der Waals surface area contributed by atoms with Crippen molar-refractivity contribution in [1.82, 2.24) is 4.90 Å². The van der Waals surface area contributed by atoms with E-state index in [0.717, 1.165) is 6.54 Å². The van der Waals surface area contributed by atoms with Crippen molar-refractivity contribution >= 4 is 0 Å². The molecule has 0 atom stereocenters. The molecule has 0 aromatic heterocycles. The summed E-state index contributed by atoms with van der Waals surface area (Å²) in [5.74, 6) is 0. The van der Waals surface area contributed by atoms with Crippen LogP contribution in [-0.4, -0.2) is 11.9 Å². The molecule has 0 saturated heterocycles. The number of rotatable bonds is 5. The molecule has 0 N–H and O–H groups in total. The summed E-state index contributed by atoms with van der Waals surface area (Å²) in [6.45, 7) is 3.05. The molecule has 0 amide bonds. The van der Waals surface area contributed by atoms with Gasteiger partial charge < -0.3 is 0 Å². The lowest BCUT2D eigenvalue weighted by atomic mass is 9.97. The quantitative estimate of drug-likeness (QED) is 0.625. The molecule has 23 heavy (non-hydrogen) atoms. The minimum absolute atomic E-state index is 0.263. The van der Waals surface area contributed by atoms with Crippen LogP contribution in [0.2, 0.25) is 0 Å². The van der Waals surface area contributed by atoms with Crippen molar-refractivity contribution in [3.05, 3.63) is 107 Å². The smallest absolute Gasteiger partial charge is 0.0602 e. The third kappa shape index (κ3) is 3.88. The van der Waals surface area contributed by atoms with Crippen molar-refractivity contribution in [1.29, 1.82) is 0 Å². The molecule has 0 heterocycles. The third-order valence-corrected chi connectivity index (χ3v) is 4.22. The third-order valence-electron chi connectivity index (χ3n) is 4.22. The molecule has 0 spiro atoms. The van der Waals surface area contributed by atoms with Crippen LogP contribution in [0, 0.1) is 6.92 Å². The summed E-state index contributed by atoms with van der Waals surface area (Å²) >= 11 is 0. The van der Waals surface area contributed by atoms with Crippen molar-refractivity contribution in [2.75, 3.05) is 7.05 Å². The highest BCUT2D eigenvalue weighted by molar-refractivity contribution is 5.32. The number of hydrogen-bond acceptors (Lipinski definition) is 1. The van der Waals surface area contributed by atoms with E-state index in [2.05, 4.69) is 104 Å². The van der Waals surface area contributed by atoms with Crippen LogP contribution in [-0.2, 0) is 6.54 Å². The highest BCUT2D eigenvalue weighted by Crippen LogP contribution is 2.28. The summed E-state index contributed by atoms with van der Waals surface area (Å²) in [6, 6.07) is 30.5. The molecule has 3 aromatic carbocycles. The second kappa shape index (κ2) is 7.26. The Morgan fingerprint density at radius 1 is 0.696 bits per heavy atom. The van der Waals surface area contributed by atoms with Crippen LogP contribution in [0.1, 0.15) is 28.3 Å². The van der Waals surface area contributed by atoms with Crippen LogP contribution in [0.3, 0.4) is 0 Å². The van der Waals surface area contributed by atoms with E-state index >= 15 is 0 Å². The molecule has 1 nitrogen and oxygen atoms in total. The van der Waals surface area contributed by atoms with Gasteiger partial charge in [0.05, 0.1) is 6.04 Å². The summed E-state index contributed by atoms with van der Waals surface area (Å²) in [4.78, 5) is 2.41. The first-order valence-electron chi connectivity index (χ1n) is 8.10. The molecule has 0 unspecified atom stereocenters. The molecule has 0 aliphatic carbocycles. The Morgan fingerprint density at radius 3 is 1.65 bits per heavy atom. The Balaban J connectivity index is 1.90. The molecule has 116 valence electrons.